The lowest BCUT2D eigenvalue weighted by Gasteiger charge is -2.26. The Morgan fingerprint density at radius 3 is 1.58 bits per heavy atom. The van der Waals surface area contributed by atoms with Crippen molar-refractivity contribution in [3.05, 3.63) is 194 Å². The molecule has 1 aromatic heterocycles. The number of rotatable bonds is 7. The van der Waals surface area contributed by atoms with Crippen molar-refractivity contribution in [3.63, 3.8) is 0 Å². The van der Waals surface area contributed by atoms with Crippen molar-refractivity contribution < 1.29 is 4.42 Å². The van der Waals surface area contributed by atoms with Crippen molar-refractivity contribution in [2.24, 2.45) is 0 Å². The third-order valence-electron chi connectivity index (χ3n) is 9.30. The molecule has 0 atom stereocenters. The molecule has 9 rings (SSSR count). The van der Waals surface area contributed by atoms with Crippen molar-refractivity contribution in [1.29, 1.82) is 0 Å². The fraction of sp³-hybridized carbons (Fsp3) is 0. The van der Waals surface area contributed by atoms with Crippen LogP contribution in [-0.2, 0) is 0 Å². The molecular formula is C47H32N2O. The van der Waals surface area contributed by atoms with Crippen molar-refractivity contribution >= 4 is 38.9 Å². The highest BCUT2D eigenvalue weighted by Gasteiger charge is 2.17. The molecule has 0 radical (unpaired) electrons. The highest BCUT2D eigenvalue weighted by Crippen LogP contribution is 2.40. The molecule has 0 amide bonds. The number of fused-ring (bicyclic) bond motifs is 3. The maximum absolute atomic E-state index is 6.26. The molecule has 8 aromatic carbocycles. The fourth-order valence-corrected chi connectivity index (χ4v) is 6.83. The van der Waals surface area contributed by atoms with Gasteiger partial charge in [0.25, 0.3) is 0 Å². The fourth-order valence-electron chi connectivity index (χ4n) is 6.83. The van der Waals surface area contributed by atoms with Gasteiger partial charge in [-0.25, -0.2) is 4.98 Å². The van der Waals surface area contributed by atoms with E-state index in [1.807, 2.05) is 36.4 Å². The van der Waals surface area contributed by atoms with Gasteiger partial charge in [0, 0.05) is 28.0 Å². The maximum Gasteiger partial charge on any atom is 0.227 e. The van der Waals surface area contributed by atoms with E-state index in [0.29, 0.717) is 5.89 Å². The van der Waals surface area contributed by atoms with Crippen molar-refractivity contribution in [2.75, 3.05) is 4.90 Å². The maximum atomic E-state index is 6.26. The minimum Gasteiger partial charge on any atom is -0.436 e. The molecule has 0 unspecified atom stereocenters. The van der Waals surface area contributed by atoms with Gasteiger partial charge < -0.3 is 9.32 Å². The molecule has 50 heavy (non-hydrogen) atoms. The lowest BCUT2D eigenvalue weighted by Crippen LogP contribution is -2.10. The van der Waals surface area contributed by atoms with E-state index in [1.54, 1.807) is 0 Å². The number of anilines is 3. The van der Waals surface area contributed by atoms with Crippen LogP contribution in [-0.4, -0.2) is 4.98 Å². The van der Waals surface area contributed by atoms with E-state index >= 15 is 0 Å². The Morgan fingerprint density at radius 1 is 0.380 bits per heavy atom. The Hall–Kier alpha value is -6.71. The largest absolute Gasteiger partial charge is 0.436 e. The summed E-state index contributed by atoms with van der Waals surface area (Å²) < 4.78 is 6.26. The first kappa shape index (κ1) is 29.4. The van der Waals surface area contributed by atoms with E-state index in [9.17, 15) is 0 Å². The first-order valence-corrected chi connectivity index (χ1v) is 16.9. The molecule has 0 N–H and O–H groups in total. The Morgan fingerprint density at radius 2 is 0.920 bits per heavy atom. The average molecular weight is 641 g/mol. The van der Waals surface area contributed by atoms with E-state index < -0.39 is 0 Å². The summed E-state index contributed by atoms with van der Waals surface area (Å²) >= 11 is 0. The zero-order valence-corrected chi connectivity index (χ0v) is 27.3. The zero-order valence-electron chi connectivity index (χ0n) is 27.3. The van der Waals surface area contributed by atoms with Crippen LogP contribution >= 0.6 is 0 Å². The summed E-state index contributed by atoms with van der Waals surface area (Å²) in [5.74, 6) is 0.630. The van der Waals surface area contributed by atoms with Gasteiger partial charge in [-0.15, -0.1) is 0 Å². The van der Waals surface area contributed by atoms with E-state index in [2.05, 4.69) is 163 Å². The number of benzene rings is 8. The second-order valence-electron chi connectivity index (χ2n) is 12.4. The number of hydrogen-bond donors (Lipinski definition) is 0. The summed E-state index contributed by atoms with van der Waals surface area (Å²) in [5.41, 5.74) is 12.9. The predicted octanol–water partition coefficient (Wildman–Crippen LogP) is 13.1. The van der Waals surface area contributed by atoms with E-state index in [-0.39, 0.29) is 0 Å². The van der Waals surface area contributed by atoms with Gasteiger partial charge in [-0.05, 0) is 93.4 Å². The molecule has 0 fully saturated rings. The summed E-state index contributed by atoms with van der Waals surface area (Å²) in [7, 11) is 0. The number of hydrogen-bond acceptors (Lipinski definition) is 3. The highest BCUT2D eigenvalue weighted by atomic mass is 16.3. The van der Waals surface area contributed by atoms with Gasteiger partial charge in [-0.3, -0.25) is 0 Å². The molecule has 236 valence electrons. The second-order valence-corrected chi connectivity index (χ2v) is 12.4. The number of oxazole rings is 1. The molecule has 0 aliphatic carbocycles. The molecule has 0 aliphatic rings. The summed E-state index contributed by atoms with van der Waals surface area (Å²) in [6, 6.07) is 68.2. The minimum absolute atomic E-state index is 0.630. The monoisotopic (exact) mass is 640 g/mol. The van der Waals surface area contributed by atoms with Crippen LogP contribution in [0, 0.1) is 0 Å². The van der Waals surface area contributed by atoms with Crippen LogP contribution in [0.1, 0.15) is 0 Å². The average Bonchev–Trinajstić information content (AvgIpc) is 3.65. The molecular weight excluding hydrogens is 609 g/mol. The SMILES string of the molecule is c1ccc(-c2ccc(N(c3ccc(-c4cccc5ccc6oc(-c7ccccc7)nc6c45)cc3)c3cccc(-c4ccccc4)c3)cc2)cc1. The second kappa shape index (κ2) is 12.7. The number of nitrogens with zero attached hydrogens (tertiary/aromatic N) is 2. The normalized spacial score (nSPS) is 11.2. The molecule has 0 spiro atoms. The standard InChI is InChI=1S/C47H32N2O/c1-4-12-33(13-5-1)35-22-27-40(28-23-35)49(42-20-10-19-39(32-42)34-14-6-2-7-15-34)41-29-24-36(25-30-41)43-21-11-18-37-26-31-44-46(45(37)43)48-47(50-44)38-16-8-3-9-17-38/h1-32H. The van der Waals surface area contributed by atoms with Crippen LogP contribution in [0.4, 0.5) is 17.1 Å². The third kappa shape index (κ3) is 5.51. The molecule has 1 heterocycles. The third-order valence-corrected chi connectivity index (χ3v) is 9.30. The van der Waals surface area contributed by atoms with E-state index in [4.69, 9.17) is 9.40 Å². The van der Waals surface area contributed by atoms with Crippen LogP contribution in [0.15, 0.2) is 199 Å². The van der Waals surface area contributed by atoms with Crippen molar-refractivity contribution in [3.8, 4) is 44.8 Å². The minimum atomic E-state index is 0.630. The molecule has 0 aliphatic heterocycles. The molecule has 0 saturated heterocycles. The summed E-state index contributed by atoms with van der Waals surface area (Å²) in [6.07, 6.45) is 0. The van der Waals surface area contributed by atoms with Gasteiger partial charge in [0.05, 0.1) is 0 Å². The lowest BCUT2D eigenvalue weighted by atomic mass is 9.97. The quantitative estimate of drug-likeness (QED) is 0.174. The topological polar surface area (TPSA) is 29.3 Å². The number of aromatic nitrogens is 1. The molecule has 0 saturated carbocycles. The first-order valence-electron chi connectivity index (χ1n) is 16.9. The Labute approximate surface area is 291 Å². The van der Waals surface area contributed by atoms with Crippen LogP contribution in [0.25, 0.3) is 66.7 Å². The van der Waals surface area contributed by atoms with Crippen LogP contribution in [0.2, 0.25) is 0 Å². The molecule has 3 heteroatoms. The summed E-state index contributed by atoms with van der Waals surface area (Å²) in [4.78, 5) is 7.34. The molecule has 3 nitrogen and oxygen atoms in total. The lowest BCUT2D eigenvalue weighted by molar-refractivity contribution is 0.620. The zero-order chi connectivity index (χ0) is 33.3. The van der Waals surface area contributed by atoms with Gasteiger partial charge in [0.15, 0.2) is 5.58 Å². The Kier molecular flexibility index (Phi) is 7.49. The van der Waals surface area contributed by atoms with Gasteiger partial charge in [0.1, 0.15) is 5.52 Å². The summed E-state index contributed by atoms with van der Waals surface area (Å²) in [5, 5.41) is 2.22. The molecule has 9 aromatic rings. The van der Waals surface area contributed by atoms with E-state index in [0.717, 1.165) is 55.6 Å². The van der Waals surface area contributed by atoms with Crippen molar-refractivity contribution in [1.82, 2.24) is 4.98 Å². The summed E-state index contributed by atoms with van der Waals surface area (Å²) in [6.45, 7) is 0. The first-order chi connectivity index (χ1) is 24.8. The van der Waals surface area contributed by atoms with E-state index in [1.165, 1.54) is 22.3 Å². The van der Waals surface area contributed by atoms with Gasteiger partial charge in [-0.2, -0.15) is 0 Å². The van der Waals surface area contributed by atoms with Gasteiger partial charge >= 0.3 is 0 Å². The Balaban J connectivity index is 1.14. The van der Waals surface area contributed by atoms with Crippen LogP contribution in [0.5, 0.6) is 0 Å². The molecule has 0 bridgehead atoms. The van der Waals surface area contributed by atoms with Gasteiger partial charge in [-0.1, -0.05) is 140 Å². The van der Waals surface area contributed by atoms with Gasteiger partial charge in [0.2, 0.25) is 5.89 Å². The predicted molar refractivity (Wildman–Crippen MR) is 208 cm³/mol. The highest BCUT2D eigenvalue weighted by molar-refractivity contribution is 6.12. The smallest absolute Gasteiger partial charge is 0.227 e. The van der Waals surface area contributed by atoms with Crippen LogP contribution < -0.4 is 4.90 Å². The van der Waals surface area contributed by atoms with Crippen molar-refractivity contribution in [2.45, 2.75) is 0 Å². The van der Waals surface area contributed by atoms with Crippen LogP contribution in [0.3, 0.4) is 0 Å². The Bertz CT molecular complexity index is 2560.